The van der Waals surface area contributed by atoms with Gasteiger partial charge in [0, 0.05) is 12.4 Å². The fraction of sp³-hybridized carbons (Fsp3) is 0.583. The van der Waals surface area contributed by atoms with Crippen LogP contribution in [0.3, 0.4) is 0 Å². The molecule has 0 aliphatic heterocycles. The van der Waals surface area contributed by atoms with E-state index in [1.165, 1.54) is 18.4 Å². The molecule has 0 spiro atoms. The highest BCUT2D eigenvalue weighted by atomic mass is 14.6. The van der Waals surface area contributed by atoms with Crippen molar-refractivity contribution in [3.8, 4) is 0 Å². The molecule has 1 nitrogen and oxygen atoms in total. The second kappa shape index (κ2) is 7.78. The molecule has 13 heavy (non-hydrogen) atoms. The molecule has 0 unspecified atom stereocenters. The summed E-state index contributed by atoms with van der Waals surface area (Å²) in [7, 11) is 0. The average Bonchev–Trinajstić information content (AvgIpc) is 2.19. The van der Waals surface area contributed by atoms with Crippen LogP contribution in [0.15, 0.2) is 24.5 Å². The predicted octanol–water partition coefficient (Wildman–Crippen LogP) is 4.01. The Balaban J connectivity index is 0.000000310. The minimum absolute atomic E-state index is 0.596. The highest BCUT2D eigenvalue weighted by Gasteiger charge is 1.94. The van der Waals surface area contributed by atoms with Gasteiger partial charge in [-0.3, -0.25) is 4.98 Å². The van der Waals surface area contributed by atoms with Crippen LogP contribution < -0.4 is 0 Å². The van der Waals surface area contributed by atoms with Crippen LogP contribution in [0, 0.1) is 0 Å². The van der Waals surface area contributed by atoms with Crippen LogP contribution in [0.4, 0.5) is 0 Å². The maximum atomic E-state index is 4.01. The first-order valence-corrected chi connectivity index (χ1v) is 5.12. The number of nitrogens with zero attached hydrogens (tertiary/aromatic N) is 1. The normalized spacial score (nSPS) is 9.31. The van der Waals surface area contributed by atoms with Crippen LogP contribution in [0.25, 0.3) is 0 Å². The van der Waals surface area contributed by atoms with Crippen molar-refractivity contribution in [3.05, 3.63) is 30.1 Å². The Kier molecular flexibility index (Phi) is 7.27. The number of pyridine rings is 1. The minimum Gasteiger partial charge on any atom is -0.264 e. The van der Waals surface area contributed by atoms with Crippen molar-refractivity contribution in [1.29, 1.82) is 0 Å². The Labute approximate surface area is 82.2 Å². The van der Waals surface area contributed by atoms with Gasteiger partial charge in [0.25, 0.3) is 0 Å². The van der Waals surface area contributed by atoms with E-state index in [0.717, 1.165) is 0 Å². The van der Waals surface area contributed by atoms with Crippen molar-refractivity contribution in [2.45, 2.75) is 46.5 Å². The summed E-state index contributed by atoms with van der Waals surface area (Å²) in [6.45, 7) is 8.69. The molecular weight excluding hydrogens is 158 g/mol. The van der Waals surface area contributed by atoms with E-state index in [-0.39, 0.29) is 0 Å². The van der Waals surface area contributed by atoms with E-state index >= 15 is 0 Å². The Morgan fingerprint density at radius 1 is 1.23 bits per heavy atom. The summed E-state index contributed by atoms with van der Waals surface area (Å²) >= 11 is 0. The average molecular weight is 179 g/mol. The number of hydrogen-bond acceptors (Lipinski definition) is 1. The Hall–Kier alpha value is -0.850. The monoisotopic (exact) mass is 179 g/mol. The first-order chi connectivity index (χ1) is 6.22. The number of unbranched alkanes of at least 4 members (excludes halogenated alkanes) is 1. The Morgan fingerprint density at radius 2 is 1.85 bits per heavy atom. The van der Waals surface area contributed by atoms with Crippen LogP contribution in [0.2, 0.25) is 0 Å². The molecule has 0 saturated carbocycles. The lowest BCUT2D eigenvalue weighted by Crippen LogP contribution is -1.85. The molecule has 1 heteroatoms. The van der Waals surface area contributed by atoms with E-state index in [0.29, 0.717) is 5.92 Å². The van der Waals surface area contributed by atoms with Gasteiger partial charge >= 0.3 is 0 Å². The lowest BCUT2D eigenvalue weighted by Gasteiger charge is -2.00. The highest BCUT2D eigenvalue weighted by molar-refractivity contribution is 5.12. The zero-order chi connectivity index (χ0) is 10.1. The molecule has 0 aliphatic carbocycles. The molecule has 74 valence electrons. The van der Waals surface area contributed by atoms with Gasteiger partial charge in [-0.2, -0.15) is 0 Å². The SMILES string of the molecule is CC(C)c1cccnc1.CCCC. The zero-order valence-corrected chi connectivity index (χ0v) is 9.25. The smallest absolute Gasteiger partial charge is 0.0302 e. The van der Waals surface area contributed by atoms with Crippen molar-refractivity contribution >= 4 is 0 Å². The third-order valence-corrected chi connectivity index (χ3v) is 1.85. The molecule has 0 saturated heterocycles. The standard InChI is InChI=1S/C8H11N.C4H10/c1-7(2)8-4-3-5-9-6-8;1-3-4-2/h3-7H,1-2H3;3-4H2,1-2H3. The molecule has 1 rings (SSSR count). The van der Waals surface area contributed by atoms with E-state index in [2.05, 4.69) is 38.7 Å². The van der Waals surface area contributed by atoms with E-state index in [9.17, 15) is 0 Å². The fourth-order valence-electron chi connectivity index (χ4n) is 0.717. The molecule has 0 atom stereocenters. The van der Waals surface area contributed by atoms with Crippen molar-refractivity contribution in [1.82, 2.24) is 4.98 Å². The van der Waals surface area contributed by atoms with Gasteiger partial charge in [-0.05, 0) is 17.5 Å². The van der Waals surface area contributed by atoms with Gasteiger partial charge in [0.15, 0.2) is 0 Å². The second-order valence-electron chi connectivity index (χ2n) is 3.44. The van der Waals surface area contributed by atoms with Gasteiger partial charge in [-0.15, -0.1) is 0 Å². The summed E-state index contributed by atoms with van der Waals surface area (Å²) < 4.78 is 0. The van der Waals surface area contributed by atoms with Gasteiger partial charge in [-0.1, -0.05) is 46.6 Å². The van der Waals surface area contributed by atoms with Gasteiger partial charge in [0.1, 0.15) is 0 Å². The molecule has 0 fully saturated rings. The first kappa shape index (κ1) is 12.2. The van der Waals surface area contributed by atoms with E-state index in [1.54, 1.807) is 6.20 Å². The molecule has 0 amide bonds. The second-order valence-corrected chi connectivity index (χ2v) is 3.44. The largest absolute Gasteiger partial charge is 0.264 e. The van der Waals surface area contributed by atoms with E-state index in [1.807, 2.05) is 12.3 Å². The summed E-state index contributed by atoms with van der Waals surface area (Å²) in [6.07, 6.45) is 6.34. The molecule has 1 aromatic heterocycles. The van der Waals surface area contributed by atoms with Crippen LogP contribution in [-0.2, 0) is 0 Å². The number of aromatic nitrogens is 1. The van der Waals surface area contributed by atoms with Gasteiger partial charge in [-0.25, -0.2) is 0 Å². The van der Waals surface area contributed by atoms with Gasteiger partial charge < -0.3 is 0 Å². The highest BCUT2D eigenvalue weighted by Crippen LogP contribution is 2.10. The summed E-state index contributed by atoms with van der Waals surface area (Å²) in [4.78, 5) is 4.01. The molecular formula is C12H21N. The maximum Gasteiger partial charge on any atom is 0.0302 e. The summed E-state index contributed by atoms with van der Waals surface area (Å²) in [6, 6.07) is 4.06. The van der Waals surface area contributed by atoms with Gasteiger partial charge in [0.2, 0.25) is 0 Å². The third kappa shape index (κ3) is 6.32. The van der Waals surface area contributed by atoms with Gasteiger partial charge in [0.05, 0.1) is 0 Å². The summed E-state index contributed by atoms with van der Waals surface area (Å²) in [5, 5.41) is 0. The van der Waals surface area contributed by atoms with E-state index in [4.69, 9.17) is 0 Å². The maximum absolute atomic E-state index is 4.01. The van der Waals surface area contributed by atoms with Crippen LogP contribution in [0.5, 0.6) is 0 Å². The lowest BCUT2D eigenvalue weighted by molar-refractivity contribution is 0.858. The summed E-state index contributed by atoms with van der Waals surface area (Å²) in [5.41, 5.74) is 1.30. The topological polar surface area (TPSA) is 12.9 Å². The Bertz CT molecular complexity index is 190. The van der Waals surface area contributed by atoms with Crippen LogP contribution >= 0.6 is 0 Å². The van der Waals surface area contributed by atoms with Crippen LogP contribution in [0.1, 0.15) is 52.0 Å². The number of rotatable bonds is 2. The quantitative estimate of drug-likeness (QED) is 0.668. The molecule has 0 N–H and O–H groups in total. The molecule has 0 radical (unpaired) electrons. The van der Waals surface area contributed by atoms with Crippen molar-refractivity contribution in [2.75, 3.05) is 0 Å². The molecule has 0 bridgehead atoms. The van der Waals surface area contributed by atoms with Crippen molar-refractivity contribution in [2.24, 2.45) is 0 Å². The van der Waals surface area contributed by atoms with Crippen molar-refractivity contribution < 1.29 is 0 Å². The van der Waals surface area contributed by atoms with Crippen LogP contribution in [-0.4, -0.2) is 4.98 Å². The minimum atomic E-state index is 0.596. The molecule has 1 aromatic rings. The van der Waals surface area contributed by atoms with E-state index < -0.39 is 0 Å². The third-order valence-electron chi connectivity index (χ3n) is 1.85. The molecule has 1 heterocycles. The zero-order valence-electron chi connectivity index (χ0n) is 9.25. The summed E-state index contributed by atoms with van der Waals surface area (Å²) in [5.74, 6) is 0.596. The number of hydrogen-bond donors (Lipinski definition) is 0. The predicted molar refractivity (Wildman–Crippen MR) is 58.9 cm³/mol. The molecule has 0 aliphatic rings. The lowest BCUT2D eigenvalue weighted by atomic mass is 10.1. The molecule has 0 aromatic carbocycles. The first-order valence-electron chi connectivity index (χ1n) is 5.12. The van der Waals surface area contributed by atoms with Crippen molar-refractivity contribution in [3.63, 3.8) is 0 Å². The fourth-order valence-corrected chi connectivity index (χ4v) is 0.717. The Morgan fingerprint density at radius 3 is 2.08 bits per heavy atom.